The lowest BCUT2D eigenvalue weighted by Crippen LogP contribution is -2.66. The molecule has 0 aromatic heterocycles. The minimum absolute atomic E-state index is 0.507. The van der Waals surface area contributed by atoms with Gasteiger partial charge in [-0.05, 0) is 0 Å². The first-order valence-corrected chi connectivity index (χ1v) is 6.52. The molecule has 1 aromatic rings. The molecular weight excluding hydrogens is 320 g/mol. The number of carbonyl (C=O) groups is 2. The third-order valence-corrected chi connectivity index (χ3v) is 3.55. The molecule has 0 aliphatic heterocycles. The van der Waals surface area contributed by atoms with E-state index in [2.05, 4.69) is 0 Å². The maximum absolute atomic E-state index is 12.3. The van der Waals surface area contributed by atoms with Gasteiger partial charge in [0.05, 0.1) is 21.6 Å². The zero-order valence-electron chi connectivity index (χ0n) is 11.7. The lowest BCUT2D eigenvalue weighted by atomic mass is 9.94. The van der Waals surface area contributed by atoms with Crippen molar-refractivity contribution in [3.8, 4) is 0 Å². The van der Waals surface area contributed by atoms with Crippen LogP contribution in [0.3, 0.4) is 0 Å². The molecule has 0 saturated carbocycles. The van der Waals surface area contributed by atoms with Crippen molar-refractivity contribution in [3.05, 3.63) is 78.2 Å². The second kappa shape index (κ2) is 4.92. The number of allylic oxidation sites excluding steroid dienone is 4. The smallest absolute Gasteiger partial charge is 0.202 e. The van der Waals surface area contributed by atoms with Crippen LogP contribution in [0.5, 0.6) is 0 Å². The van der Waals surface area contributed by atoms with E-state index in [1.807, 2.05) is 0 Å². The Bertz CT molecular complexity index is 978. The van der Waals surface area contributed by atoms with Gasteiger partial charge in [-0.1, -0.05) is 0 Å². The molecule has 0 amide bonds. The monoisotopic (exact) mass is 328 g/mol. The Morgan fingerprint density at radius 1 is 0.500 bits per heavy atom. The van der Waals surface area contributed by atoms with Crippen LogP contribution in [0.4, 0.5) is 0 Å². The molecule has 8 nitrogen and oxygen atoms in total. The summed E-state index contributed by atoms with van der Waals surface area (Å²) in [6.45, 7) is 0. The third kappa shape index (κ3) is 2.01. The highest BCUT2D eigenvalue weighted by Crippen LogP contribution is 2.20. The maximum Gasteiger partial charge on any atom is 0.202 e. The molecule has 0 atom stereocenters. The highest BCUT2D eigenvalue weighted by atomic mass is 16.3. The second-order valence-corrected chi connectivity index (χ2v) is 5.08. The summed E-state index contributed by atoms with van der Waals surface area (Å²) in [5.41, 5.74) is -2.94. The average molecular weight is 328 g/mol. The van der Waals surface area contributed by atoms with Crippen LogP contribution in [-0.2, 0) is 9.59 Å². The molecule has 0 radical (unpaired) electrons. The summed E-state index contributed by atoms with van der Waals surface area (Å²) >= 11 is 0. The summed E-state index contributed by atoms with van der Waals surface area (Å²) in [6.07, 6.45) is 2.90. The minimum Gasteiger partial charge on any atom is -0.507 e. The van der Waals surface area contributed by atoms with E-state index in [0.29, 0.717) is 0 Å². The van der Waals surface area contributed by atoms with Crippen LogP contribution >= 0.6 is 0 Å². The van der Waals surface area contributed by atoms with E-state index >= 15 is 0 Å². The van der Waals surface area contributed by atoms with E-state index in [0.717, 1.165) is 24.3 Å². The van der Waals surface area contributed by atoms with Gasteiger partial charge in [-0.2, -0.15) is 0 Å². The Balaban J connectivity index is 2.41. The molecule has 1 aromatic carbocycles. The number of carbonyl (C=O) groups excluding carboxylic acids is 2. The molecule has 8 heteroatoms. The fourth-order valence-corrected chi connectivity index (χ4v) is 2.53. The van der Waals surface area contributed by atoms with Gasteiger partial charge in [-0.25, -0.2) is 0 Å². The van der Waals surface area contributed by atoms with Crippen LogP contribution in [0.15, 0.2) is 56.9 Å². The van der Waals surface area contributed by atoms with Gasteiger partial charge in [0.15, 0.2) is 11.6 Å². The highest BCUT2D eigenvalue weighted by Gasteiger charge is 2.27. The molecule has 2 aliphatic carbocycles. The quantitative estimate of drug-likeness (QED) is 0.450. The van der Waals surface area contributed by atoms with Gasteiger partial charge in [0.2, 0.25) is 10.9 Å². The van der Waals surface area contributed by atoms with E-state index < -0.39 is 67.0 Å². The molecule has 120 valence electrons. The van der Waals surface area contributed by atoms with Crippen molar-refractivity contribution in [1.29, 1.82) is 0 Å². The number of rotatable bonds is 0. The molecular formula is C16H8O8. The molecule has 0 fully saturated rings. The van der Waals surface area contributed by atoms with E-state index in [4.69, 9.17) is 0 Å². The first-order chi connectivity index (χ1) is 11.2. The molecule has 0 unspecified atom stereocenters. The summed E-state index contributed by atoms with van der Waals surface area (Å²) in [5.74, 6) is -4.45. The summed E-state index contributed by atoms with van der Waals surface area (Å²) in [7, 11) is 0. The molecule has 3 rings (SSSR count). The van der Waals surface area contributed by atoms with Crippen LogP contribution in [0.25, 0.3) is 11.1 Å². The van der Waals surface area contributed by atoms with E-state index in [1.165, 1.54) is 0 Å². The first-order valence-electron chi connectivity index (χ1n) is 6.52. The summed E-state index contributed by atoms with van der Waals surface area (Å²) in [5, 5.41) is 37.7. The van der Waals surface area contributed by atoms with Gasteiger partial charge >= 0.3 is 0 Å². The number of aliphatic hydroxyl groups excluding tert-OH is 4. The predicted molar refractivity (Wildman–Crippen MR) is 80.3 cm³/mol. The summed E-state index contributed by atoms with van der Waals surface area (Å²) < 4.78 is 0. The van der Waals surface area contributed by atoms with E-state index in [-0.39, 0.29) is 0 Å². The fraction of sp³-hybridized carbons (Fsp3) is 0. The van der Waals surface area contributed by atoms with E-state index in [9.17, 15) is 39.6 Å². The van der Waals surface area contributed by atoms with Crippen LogP contribution in [0, 0.1) is 0 Å². The van der Waals surface area contributed by atoms with Crippen molar-refractivity contribution in [1.82, 2.24) is 0 Å². The predicted octanol–water partition coefficient (Wildman–Crippen LogP) is -1.48. The van der Waals surface area contributed by atoms with Crippen molar-refractivity contribution in [2.45, 2.75) is 0 Å². The third-order valence-electron chi connectivity index (χ3n) is 3.55. The van der Waals surface area contributed by atoms with Gasteiger partial charge in [-0.3, -0.25) is 19.2 Å². The molecule has 24 heavy (non-hydrogen) atoms. The SMILES string of the molecule is O=C1C=C(O)C(=c2c(=O)c(=C3C(O)=CC(=O)C=C3O)c2=O)C(O)=C1. The standard InChI is InChI=1S/C16H8O8/c17-5-1-7(19)11(8(20)2-5)13-15(23)14(16(13)24)12-9(21)3-6(18)4-10(12)22/h1-4,19-22H. The largest absolute Gasteiger partial charge is 0.507 e. The zero-order valence-corrected chi connectivity index (χ0v) is 11.7. The molecule has 2 aliphatic rings. The Morgan fingerprint density at radius 2 is 0.750 bits per heavy atom. The normalized spacial score (nSPS) is 18.3. The molecule has 0 spiro atoms. The van der Waals surface area contributed by atoms with Crippen molar-refractivity contribution in [2.24, 2.45) is 0 Å². The molecule has 0 heterocycles. The van der Waals surface area contributed by atoms with Crippen LogP contribution < -0.4 is 21.3 Å². The van der Waals surface area contributed by atoms with Crippen molar-refractivity contribution < 1.29 is 30.0 Å². The average Bonchev–Trinajstić information content (AvgIpc) is 2.46. The Labute approximate surface area is 131 Å². The van der Waals surface area contributed by atoms with Gasteiger partial charge < -0.3 is 20.4 Å². The van der Waals surface area contributed by atoms with Crippen LogP contribution in [0.2, 0.25) is 0 Å². The van der Waals surface area contributed by atoms with Gasteiger partial charge in [0.25, 0.3) is 0 Å². The lowest BCUT2D eigenvalue weighted by molar-refractivity contribution is -0.111. The fourth-order valence-electron chi connectivity index (χ4n) is 2.53. The highest BCUT2D eigenvalue weighted by molar-refractivity contribution is 6.07. The zero-order chi connectivity index (χ0) is 17.8. The van der Waals surface area contributed by atoms with Crippen molar-refractivity contribution in [3.63, 3.8) is 0 Å². The first kappa shape index (κ1) is 15.2. The lowest BCUT2D eigenvalue weighted by Gasteiger charge is -2.12. The van der Waals surface area contributed by atoms with Gasteiger partial charge in [0, 0.05) is 24.3 Å². The topological polar surface area (TPSA) is 149 Å². The maximum atomic E-state index is 12.3. The Kier molecular flexibility index (Phi) is 3.12. The van der Waals surface area contributed by atoms with E-state index in [1.54, 1.807) is 0 Å². The van der Waals surface area contributed by atoms with Crippen LogP contribution in [0.1, 0.15) is 0 Å². The van der Waals surface area contributed by atoms with Gasteiger partial charge in [-0.15, -0.1) is 0 Å². The van der Waals surface area contributed by atoms with Crippen molar-refractivity contribution >= 4 is 22.7 Å². The number of aliphatic hydroxyl groups is 4. The second-order valence-electron chi connectivity index (χ2n) is 5.08. The summed E-state index contributed by atoms with van der Waals surface area (Å²) in [4.78, 5) is 46.8. The number of ketones is 2. The number of hydrogen-bond acceptors (Lipinski definition) is 8. The van der Waals surface area contributed by atoms with Crippen molar-refractivity contribution in [2.75, 3.05) is 0 Å². The Hall–Kier alpha value is -3.68. The molecule has 0 bridgehead atoms. The van der Waals surface area contributed by atoms with Gasteiger partial charge in [0.1, 0.15) is 23.0 Å². The molecule has 4 N–H and O–H groups in total. The summed E-state index contributed by atoms with van der Waals surface area (Å²) in [6, 6.07) is 0. The molecule has 0 saturated heterocycles. The Morgan fingerprint density at radius 3 is 1.00 bits per heavy atom. The van der Waals surface area contributed by atoms with Crippen LogP contribution in [-0.4, -0.2) is 32.0 Å². The minimum atomic E-state index is -0.964. The number of hydrogen-bond donors (Lipinski definition) is 4.